The van der Waals surface area contributed by atoms with Crippen molar-refractivity contribution in [3.63, 3.8) is 0 Å². The SMILES string of the molecule is CC(C)c1c(C(=O)O)nnn1Cc1cc(F)ccc1Cl. The third-order valence-corrected chi connectivity index (χ3v) is 3.22. The molecule has 2 aromatic rings. The van der Waals surface area contributed by atoms with Crippen molar-refractivity contribution in [1.29, 1.82) is 0 Å². The van der Waals surface area contributed by atoms with Crippen molar-refractivity contribution in [3.8, 4) is 0 Å². The molecule has 0 aliphatic heterocycles. The van der Waals surface area contributed by atoms with Gasteiger partial charge in [0.05, 0.1) is 12.2 Å². The lowest BCUT2D eigenvalue weighted by molar-refractivity contribution is 0.0688. The number of carboxylic acid groups (broad SMARTS) is 1. The van der Waals surface area contributed by atoms with Crippen molar-refractivity contribution in [2.45, 2.75) is 26.3 Å². The standard InChI is InChI=1S/C13H13ClFN3O2/c1-7(2)12-11(13(19)20)16-17-18(12)6-8-5-9(15)3-4-10(8)14/h3-5,7H,6H2,1-2H3,(H,19,20). The molecule has 0 atom stereocenters. The third kappa shape index (κ3) is 2.80. The quantitative estimate of drug-likeness (QED) is 0.942. The number of aromatic carboxylic acids is 1. The predicted octanol–water partition coefficient (Wildman–Crippen LogP) is 2.94. The van der Waals surface area contributed by atoms with Crippen molar-refractivity contribution in [2.75, 3.05) is 0 Å². The highest BCUT2D eigenvalue weighted by atomic mass is 35.5. The predicted molar refractivity (Wildman–Crippen MR) is 71.6 cm³/mol. The van der Waals surface area contributed by atoms with Gasteiger partial charge in [-0.1, -0.05) is 30.7 Å². The van der Waals surface area contributed by atoms with Gasteiger partial charge in [-0.2, -0.15) is 0 Å². The lowest BCUT2D eigenvalue weighted by Crippen LogP contribution is -2.11. The highest BCUT2D eigenvalue weighted by Gasteiger charge is 2.21. The van der Waals surface area contributed by atoms with Gasteiger partial charge in [0.25, 0.3) is 0 Å². The molecule has 0 saturated carbocycles. The average molecular weight is 298 g/mol. The van der Waals surface area contributed by atoms with Gasteiger partial charge in [0, 0.05) is 5.02 Å². The zero-order chi connectivity index (χ0) is 14.9. The molecule has 7 heteroatoms. The number of hydrogen-bond acceptors (Lipinski definition) is 3. The molecular formula is C13H13ClFN3O2. The Balaban J connectivity index is 2.43. The van der Waals surface area contributed by atoms with Gasteiger partial charge < -0.3 is 5.11 Å². The summed E-state index contributed by atoms with van der Waals surface area (Å²) >= 11 is 6.00. The Morgan fingerprint density at radius 1 is 1.50 bits per heavy atom. The van der Waals surface area contributed by atoms with E-state index in [1.807, 2.05) is 13.8 Å². The Bertz CT molecular complexity index is 655. The Labute approximate surface area is 120 Å². The summed E-state index contributed by atoms with van der Waals surface area (Å²) in [5.74, 6) is -1.62. The summed E-state index contributed by atoms with van der Waals surface area (Å²) in [5, 5.41) is 17.0. The summed E-state index contributed by atoms with van der Waals surface area (Å²) in [7, 11) is 0. The molecule has 2 rings (SSSR count). The van der Waals surface area contributed by atoms with E-state index >= 15 is 0 Å². The first-order chi connectivity index (χ1) is 9.40. The average Bonchev–Trinajstić information content (AvgIpc) is 2.78. The number of hydrogen-bond donors (Lipinski definition) is 1. The van der Waals surface area contributed by atoms with Gasteiger partial charge in [0.1, 0.15) is 5.82 Å². The molecule has 1 heterocycles. The van der Waals surface area contributed by atoms with Gasteiger partial charge in [-0.25, -0.2) is 13.9 Å². The molecule has 0 spiro atoms. The minimum atomic E-state index is -1.13. The van der Waals surface area contributed by atoms with Crippen LogP contribution in [-0.4, -0.2) is 26.1 Å². The van der Waals surface area contributed by atoms with Crippen molar-refractivity contribution >= 4 is 17.6 Å². The topological polar surface area (TPSA) is 68.0 Å². The number of nitrogens with zero attached hydrogens (tertiary/aromatic N) is 3. The van der Waals surface area contributed by atoms with Crippen LogP contribution >= 0.6 is 11.6 Å². The van der Waals surface area contributed by atoms with E-state index in [-0.39, 0.29) is 18.2 Å². The van der Waals surface area contributed by atoms with Crippen LogP contribution in [0, 0.1) is 5.82 Å². The fraction of sp³-hybridized carbons (Fsp3) is 0.308. The summed E-state index contributed by atoms with van der Waals surface area (Å²) in [6.07, 6.45) is 0. The Morgan fingerprint density at radius 2 is 2.20 bits per heavy atom. The van der Waals surface area contributed by atoms with Crippen LogP contribution in [0.3, 0.4) is 0 Å². The van der Waals surface area contributed by atoms with Crippen LogP contribution in [0.25, 0.3) is 0 Å². The maximum absolute atomic E-state index is 13.2. The zero-order valence-electron chi connectivity index (χ0n) is 11.0. The molecule has 106 valence electrons. The lowest BCUT2D eigenvalue weighted by atomic mass is 10.1. The van der Waals surface area contributed by atoms with Gasteiger partial charge in [-0.15, -0.1) is 5.10 Å². The summed E-state index contributed by atoms with van der Waals surface area (Å²) in [4.78, 5) is 11.1. The van der Waals surface area contributed by atoms with Crippen molar-refractivity contribution < 1.29 is 14.3 Å². The lowest BCUT2D eigenvalue weighted by Gasteiger charge is -2.11. The van der Waals surface area contributed by atoms with Gasteiger partial charge in [-0.3, -0.25) is 0 Å². The molecule has 0 aliphatic carbocycles. The van der Waals surface area contributed by atoms with Crippen LogP contribution in [-0.2, 0) is 6.54 Å². The summed E-state index contributed by atoms with van der Waals surface area (Å²) in [5.41, 5.74) is 0.917. The number of halogens is 2. The molecule has 5 nitrogen and oxygen atoms in total. The summed E-state index contributed by atoms with van der Waals surface area (Å²) in [6.45, 7) is 3.86. The number of rotatable bonds is 4. The van der Waals surface area contributed by atoms with Crippen molar-refractivity contribution in [2.24, 2.45) is 0 Å². The van der Waals surface area contributed by atoms with Crippen molar-refractivity contribution in [3.05, 3.63) is 46.0 Å². The van der Waals surface area contributed by atoms with E-state index in [4.69, 9.17) is 16.7 Å². The minimum Gasteiger partial charge on any atom is -0.476 e. The number of carboxylic acids is 1. The van der Waals surface area contributed by atoms with E-state index in [9.17, 15) is 9.18 Å². The molecule has 0 unspecified atom stereocenters. The van der Waals surface area contributed by atoms with Crippen LogP contribution in [0.4, 0.5) is 4.39 Å². The maximum Gasteiger partial charge on any atom is 0.358 e. The molecule has 0 aliphatic rings. The maximum atomic E-state index is 13.2. The van der Waals surface area contributed by atoms with Gasteiger partial charge in [-0.05, 0) is 29.7 Å². The number of benzene rings is 1. The number of carbonyl (C=O) groups is 1. The van der Waals surface area contributed by atoms with E-state index in [2.05, 4.69) is 10.3 Å². The fourth-order valence-electron chi connectivity index (χ4n) is 1.99. The first-order valence-corrected chi connectivity index (χ1v) is 6.38. The zero-order valence-corrected chi connectivity index (χ0v) is 11.7. The number of aromatic nitrogens is 3. The first-order valence-electron chi connectivity index (χ1n) is 6.00. The molecule has 1 N–H and O–H groups in total. The molecule has 0 saturated heterocycles. The molecule has 1 aromatic carbocycles. The fourth-order valence-corrected chi connectivity index (χ4v) is 2.16. The second kappa shape index (κ2) is 5.58. The normalized spacial score (nSPS) is 11.1. The van der Waals surface area contributed by atoms with E-state index < -0.39 is 11.8 Å². The highest BCUT2D eigenvalue weighted by molar-refractivity contribution is 6.31. The van der Waals surface area contributed by atoms with Crippen LogP contribution < -0.4 is 0 Å². The smallest absolute Gasteiger partial charge is 0.358 e. The third-order valence-electron chi connectivity index (χ3n) is 2.85. The highest BCUT2D eigenvalue weighted by Crippen LogP contribution is 2.22. The molecule has 0 amide bonds. The Hall–Kier alpha value is -1.95. The molecule has 0 radical (unpaired) electrons. The second-order valence-electron chi connectivity index (χ2n) is 4.68. The van der Waals surface area contributed by atoms with E-state index in [0.717, 1.165) is 0 Å². The summed E-state index contributed by atoms with van der Waals surface area (Å²) < 4.78 is 14.7. The molecule has 0 fully saturated rings. The Kier molecular flexibility index (Phi) is 4.04. The molecule has 20 heavy (non-hydrogen) atoms. The van der Waals surface area contributed by atoms with Gasteiger partial charge in [0.15, 0.2) is 5.69 Å². The van der Waals surface area contributed by atoms with Crippen LogP contribution in [0.5, 0.6) is 0 Å². The van der Waals surface area contributed by atoms with Crippen LogP contribution in [0.15, 0.2) is 18.2 Å². The van der Waals surface area contributed by atoms with Gasteiger partial charge >= 0.3 is 5.97 Å². The Morgan fingerprint density at radius 3 is 2.80 bits per heavy atom. The van der Waals surface area contributed by atoms with E-state index in [0.29, 0.717) is 16.3 Å². The molecular weight excluding hydrogens is 285 g/mol. The second-order valence-corrected chi connectivity index (χ2v) is 5.08. The minimum absolute atomic E-state index is 0.0802. The van der Waals surface area contributed by atoms with E-state index in [1.165, 1.54) is 22.9 Å². The van der Waals surface area contributed by atoms with Crippen LogP contribution in [0.1, 0.15) is 41.5 Å². The summed E-state index contributed by atoms with van der Waals surface area (Å²) in [6, 6.07) is 4.02. The molecule has 0 bridgehead atoms. The first kappa shape index (κ1) is 14.5. The van der Waals surface area contributed by atoms with E-state index in [1.54, 1.807) is 0 Å². The largest absolute Gasteiger partial charge is 0.476 e. The monoisotopic (exact) mass is 297 g/mol. The van der Waals surface area contributed by atoms with Gasteiger partial charge in [0.2, 0.25) is 0 Å². The molecule has 1 aromatic heterocycles. The van der Waals surface area contributed by atoms with Crippen molar-refractivity contribution in [1.82, 2.24) is 15.0 Å². The van der Waals surface area contributed by atoms with Crippen LogP contribution in [0.2, 0.25) is 5.02 Å².